The van der Waals surface area contributed by atoms with Crippen molar-refractivity contribution in [2.45, 2.75) is 13.5 Å². The number of carbonyl (C=O) groups excluding carboxylic acids is 1. The molecule has 0 aromatic carbocycles. The van der Waals surface area contributed by atoms with E-state index in [2.05, 4.69) is 15.4 Å². The van der Waals surface area contributed by atoms with Crippen molar-refractivity contribution in [3.05, 3.63) is 41.9 Å². The van der Waals surface area contributed by atoms with Gasteiger partial charge < -0.3 is 5.32 Å². The van der Waals surface area contributed by atoms with Crippen LogP contribution in [0.2, 0.25) is 5.02 Å². The van der Waals surface area contributed by atoms with Crippen LogP contribution in [0.4, 0.5) is 5.69 Å². The smallest absolute Gasteiger partial charge is 0.229 e. The van der Waals surface area contributed by atoms with Gasteiger partial charge in [0, 0.05) is 24.3 Å². The second-order valence-electron chi connectivity index (χ2n) is 4.01. The predicted octanol–water partition coefficient (Wildman–Crippen LogP) is 2.21. The number of pyridine rings is 1. The van der Waals surface area contributed by atoms with E-state index in [1.54, 1.807) is 41.6 Å². The lowest BCUT2D eigenvalue weighted by Crippen LogP contribution is -2.24. The summed E-state index contributed by atoms with van der Waals surface area (Å²) in [6, 6.07) is 3.49. The number of carbonyl (C=O) groups is 1. The predicted molar refractivity (Wildman–Crippen MR) is 69.3 cm³/mol. The van der Waals surface area contributed by atoms with Crippen molar-refractivity contribution in [1.82, 2.24) is 14.8 Å². The molecule has 0 saturated heterocycles. The number of aromatic nitrogens is 3. The molecule has 2 aromatic rings. The average Bonchev–Trinajstić information content (AvgIpc) is 2.76. The third-order valence-corrected chi connectivity index (χ3v) is 2.65. The first-order valence-corrected chi connectivity index (χ1v) is 5.92. The highest BCUT2D eigenvalue weighted by molar-refractivity contribution is 6.30. The average molecular weight is 265 g/mol. The number of anilines is 1. The fraction of sp³-hybridized carbons (Fsp3) is 0.250. The van der Waals surface area contributed by atoms with Crippen molar-refractivity contribution in [3.8, 4) is 0 Å². The fourth-order valence-corrected chi connectivity index (χ4v) is 1.66. The van der Waals surface area contributed by atoms with E-state index in [0.29, 0.717) is 11.6 Å². The maximum absolute atomic E-state index is 11.9. The molecule has 0 spiro atoms. The molecular formula is C12H13ClN4O. The molecule has 0 aliphatic heterocycles. The topological polar surface area (TPSA) is 59.8 Å². The number of halogens is 1. The normalized spacial score (nSPS) is 12.1. The number of nitrogens with zero attached hydrogens (tertiary/aromatic N) is 3. The molecule has 2 rings (SSSR count). The van der Waals surface area contributed by atoms with Crippen molar-refractivity contribution in [2.75, 3.05) is 5.32 Å². The van der Waals surface area contributed by atoms with Crippen LogP contribution in [0.5, 0.6) is 0 Å². The lowest BCUT2D eigenvalue weighted by molar-refractivity contribution is -0.119. The molecule has 1 unspecified atom stereocenters. The third-order valence-electron chi connectivity index (χ3n) is 2.46. The Kier molecular flexibility index (Phi) is 3.94. The number of hydrogen-bond donors (Lipinski definition) is 1. The van der Waals surface area contributed by atoms with E-state index in [-0.39, 0.29) is 11.8 Å². The van der Waals surface area contributed by atoms with Gasteiger partial charge in [0.05, 0.1) is 23.7 Å². The largest absolute Gasteiger partial charge is 0.326 e. The van der Waals surface area contributed by atoms with E-state index in [9.17, 15) is 4.79 Å². The zero-order valence-corrected chi connectivity index (χ0v) is 10.6. The summed E-state index contributed by atoms with van der Waals surface area (Å²) in [7, 11) is 0. The van der Waals surface area contributed by atoms with E-state index in [1.165, 1.54) is 0 Å². The van der Waals surface area contributed by atoms with Crippen LogP contribution in [0.15, 0.2) is 36.9 Å². The maximum atomic E-state index is 11.9. The summed E-state index contributed by atoms with van der Waals surface area (Å²) >= 11 is 5.76. The van der Waals surface area contributed by atoms with Crippen molar-refractivity contribution in [1.29, 1.82) is 0 Å². The molecule has 0 aliphatic rings. The highest BCUT2D eigenvalue weighted by Gasteiger charge is 2.14. The molecule has 5 nitrogen and oxygen atoms in total. The van der Waals surface area contributed by atoms with Gasteiger partial charge in [-0.2, -0.15) is 5.10 Å². The van der Waals surface area contributed by atoms with E-state index < -0.39 is 0 Å². The Hall–Kier alpha value is -1.88. The van der Waals surface area contributed by atoms with Crippen molar-refractivity contribution < 1.29 is 4.79 Å². The van der Waals surface area contributed by atoms with Crippen molar-refractivity contribution in [2.24, 2.45) is 5.92 Å². The van der Waals surface area contributed by atoms with Crippen molar-refractivity contribution in [3.63, 3.8) is 0 Å². The van der Waals surface area contributed by atoms with Gasteiger partial charge in [-0.1, -0.05) is 18.5 Å². The summed E-state index contributed by atoms with van der Waals surface area (Å²) in [6.07, 6.45) is 6.51. The molecule has 1 atom stereocenters. The highest BCUT2D eigenvalue weighted by Crippen LogP contribution is 2.10. The second-order valence-corrected chi connectivity index (χ2v) is 4.44. The quantitative estimate of drug-likeness (QED) is 0.921. The fourth-order valence-electron chi connectivity index (χ4n) is 1.50. The molecule has 18 heavy (non-hydrogen) atoms. The Balaban J connectivity index is 1.93. The van der Waals surface area contributed by atoms with Gasteiger partial charge in [-0.05, 0) is 12.1 Å². The molecule has 94 valence electrons. The zero-order chi connectivity index (χ0) is 13.0. The first kappa shape index (κ1) is 12.6. The number of amides is 1. The lowest BCUT2D eigenvalue weighted by Gasteiger charge is -2.12. The Bertz CT molecular complexity index is 526. The standard InChI is InChI=1S/C12H13ClN4O/c1-9(7-17-8-10(13)6-15-17)12(18)16-11-2-4-14-5-3-11/h2-6,8-9H,7H2,1H3,(H,14,16,18). The van der Waals surface area contributed by atoms with Gasteiger partial charge in [-0.25, -0.2) is 0 Å². The van der Waals surface area contributed by atoms with Crippen LogP contribution < -0.4 is 5.32 Å². The molecule has 2 heterocycles. The van der Waals surface area contributed by atoms with Gasteiger partial charge in [0.15, 0.2) is 0 Å². The minimum absolute atomic E-state index is 0.0622. The summed E-state index contributed by atoms with van der Waals surface area (Å²) < 4.78 is 1.65. The monoisotopic (exact) mass is 264 g/mol. The number of nitrogens with one attached hydrogen (secondary N) is 1. The second kappa shape index (κ2) is 5.64. The van der Waals surface area contributed by atoms with Gasteiger partial charge in [0.25, 0.3) is 0 Å². The molecule has 0 saturated carbocycles. The Labute approximate surface area is 110 Å². The van der Waals surface area contributed by atoms with E-state index in [1.807, 2.05) is 6.92 Å². The molecular weight excluding hydrogens is 252 g/mol. The van der Waals surface area contributed by atoms with Gasteiger partial charge in [-0.15, -0.1) is 0 Å². The molecule has 1 N–H and O–H groups in total. The first-order valence-electron chi connectivity index (χ1n) is 5.54. The molecule has 2 aromatic heterocycles. The molecule has 6 heteroatoms. The summed E-state index contributed by atoms with van der Waals surface area (Å²) in [5.74, 6) is -0.262. The lowest BCUT2D eigenvalue weighted by atomic mass is 10.1. The third kappa shape index (κ3) is 3.30. The van der Waals surface area contributed by atoms with Crippen molar-refractivity contribution >= 4 is 23.2 Å². The summed E-state index contributed by atoms with van der Waals surface area (Å²) in [5, 5.41) is 7.42. The van der Waals surface area contributed by atoms with Gasteiger partial charge in [0.2, 0.25) is 5.91 Å². The minimum atomic E-state index is -0.200. The SMILES string of the molecule is CC(Cn1cc(Cl)cn1)C(=O)Nc1ccncc1. The van der Waals surface area contributed by atoms with Gasteiger partial charge in [0.1, 0.15) is 0 Å². The van der Waals surface area contributed by atoms with Crippen LogP contribution >= 0.6 is 11.6 Å². The van der Waals surface area contributed by atoms with Crippen LogP contribution in [0.1, 0.15) is 6.92 Å². The zero-order valence-electron chi connectivity index (χ0n) is 9.88. The van der Waals surface area contributed by atoms with Crippen LogP contribution in [0.3, 0.4) is 0 Å². The van der Waals surface area contributed by atoms with Crippen LogP contribution in [-0.4, -0.2) is 20.7 Å². The molecule has 0 bridgehead atoms. The van der Waals surface area contributed by atoms with Crippen LogP contribution in [-0.2, 0) is 11.3 Å². The minimum Gasteiger partial charge on any atom is -0.326 e. The Morgan fingerprint density at radius 3 is 2.83 bits per heavy atom. The summed E-state index contributed by atoms with van der Waals surface area (Å²) in [5.41, 5.74) is 0.736. The van der Waals surface area contributed by atoms with E-state index in [0.717, 1.165) is 5.69 Å². The van der Waals surface area contributed by atoms with Gasteiger partial charge >= 0.3 is 0 Å². The number of rotatable bonds is 4. The molecule has 0 radical (unpaired) electrons. The first-order chi connectivity index (χ1) is 8.65. The Morgan fingerprint density at radius 2 is 2.22 bits per heavy atom. The number of hydrogen-bond acceptors (Lipinski definition) is 3. The molecule has 0 fully saturated rings. The highest BCUT2D eigenvalue weighted by atomic mass is 35.5. The summed E-state index contributed by atoms with van der Waals surface area (Å²) in [6.45, 7) is 2.33. The van der Waals surface area contributed by atoms with E-state index >= 15 is 0 Å². The van der Waals surface area contributed by atoms with Crippen LogP contribution in [0, 0.1) is 5.92 Å². The molecule has 1 amide bonds. The van der Waals surface area contributed by atoms with Gasteiger partial charge in [-0.3, -0.25) is 14.5 Å². The Morgan fingerprint density at radius 1 is 1.50 bits per heavy atom. The van der Waals surface area contributed by atoms with Crippen LogP contribution in [0.25, 0.3) is 0 Å². The maximum Gasteiger partial charge on any atom is 0.229 e. The summed E-state index contributed by atoms with van der Waals surface area (Å²) in [4.78, 5) is 15.8. The van der Waals surface area contributed by atoms with E-state index in [4.69, 9.17) is 11.6 Å². The molecule has 0 aliphatic carbocycles.